The van der Waals surface area contributed by atoms with Crippen LogP contribution in [0.1, 0.15) is 51.1 Å². The van der Waals surface area contributed by atoms with Gasteiger partial charge in [-0.1, -0.05) is 25.5 Å². The summed E-state index contributed by atoms with van der Waals surface area (Å²) in [5.41, 5.74) is 1.34. The molecule has 1 aliphatic heterocycles. The van der Waals surface area contributed by atoms with Gasteiger partial charge < -0.3 is 10.1 Å². The van der Waals surface area contributed by atoms with E-state index < -0.39 is 0 Å². The third kappa shape index (κ3) is 5.02. The summed E-state index contributed by atoms with van der Waals surface area (Å²) in [6, 6.07) is 8.93. The number of nitrogens with one attached hydrogen (secondary N) is 1. The largest absolute Gasteiger partial charge is 0.494 e. The summed E-state index contributed by atoms with van der Waals surface area (Å²) in [4.78, 5) is 0. The summed E-state index contributed by atoms with van der Waals surface area (Å²) in [7, 11) is 0. The Balaban J connectivity index is 1.77. The van der Waals surface area contributed by atoms with Gasteiger partial charge in [-0.2, -0.15) is 11.8 Å². The monoisotopic (exact) mass is 293 g/mol. The van der Waals surface area contributed by atoms with Gasteiger partial charge in [-0.05, 0) is 49.6 Å². The van der Waals surface area contributed by atoms with Crippen LogP contribution in [-0.2, 0) is 0 Å². The molecule has 0 saturated carbocycles. The molecule has 1 N–H and O–H groups in total. The molecule has 0 spiro atoms. The van der Waals surface area contributed by atoms with E-state index in [-0.39, 0.29) is 0 Å². The van der Waals surface area contributed by atoms with Gasteiger partial charge >= 0.3 is 0 Å². The molecule has 0 aliphatic carbocycles. The number of hydrogen-bond donors (Lipinski definition) is 1. The Kier molecular flexibility index (Phi) is 6.74. The van der Waals surface area contributed by atoms with Crippen molar-refractivity contribution in [1.29, 1.82) is 0 Å². The SMILES string of the molecule is CCCOc1ccc(C(C)NCC2CCCCS2)cc1. The van der Waals surface area contributed by atoms with Crippen molar-refractivity contribution in [2.24, 2.45) is 0 Å². The van der Waals surface area contributed by atoms with Crippen molar-refractivity contribution in [3.8, 4) is 5.75 Å². The van der Waals surface area contributed by atoms with Gasteiger partial charge in [0.25, 0.3) is 0 Å². The van der Waals surface area contributed by atoms with Crippen LogP contribution in [0, 0.1) is 0 Å². The topological polar surface area (TPSA) is 21.3 Å². The van der Waals surface area contributed by atoms with Crippen LogP contribution in [0.3, 0.4) is 0 Å². The molecule has 0 radical (unpaired) electrons. The van der Waals surface area contributed by atoms with E-state index in [4.69, 9.17) is 4.74 Å². The molecule has 112 valence electrons. The minimum absolute atomic E-state index is 0.415. The Morgan fingerprint density at radius 1 is 1.30 bits per heavy atom. The number of thioether (sulfide) groups is 1. The van der Waals surface area contributed by atoms with Crippen LogP contribution < -0.4 is 10.1 Å². The Morgan fingerprint density at radius 3 is 2.75 bits per heavy atom. The molecule has 20 heavy (non-hydrogen) atoms. The van der Waals surface area contributed by atoms with E-state index >= 15 is 0 Å². The summed E-state index contributed by atoms with van der Waals surface area (Å²) < 4.78 is 5.62. The van der Waals surface area contributed by atoms with E-state index in [0.29, 0.717) is 6.04 Å². The Labute approximate surface area is 127 Å². The lowest BCUT2D eigenvalue weighted by Gasteiger charge is -2.24. The summed E-state index contributed by atoms with van der Waals surface area (Å²) in [5.74, 6) is 2.31. The van der Waals surface area contributed by atoms with E-state index in [2.05, 4.69) is 55.2 Å². The van der Waals surface area contributed by atoms with Crippen molar-refractivity contribution in [3.05, 3.63) is 29.8 Å². The second kappa shape index (κ2) is 8.58. The number of ether oxygens (including phenoxy) is 1. The average Bonchev–Trinajstić information content (AvgIpc) is 2.52. The van der Waals surface area contributed by atoms with Crippen LogP contribution in [0.5, 0.6) is 5.75 Å². The molecule has 2 rings (SSSR count). The van der Waals surface area contributed by atoms with Crippen molar-refractivity contribution < 1.29 is 4.74 Å². The quantitative estimate of drug-likeness (QED) is 0.804. The normalized spacial score (nSPS) is 20.6. The first-order valence-corrected chi connectivity index (χ1v) is 8.92. The van der Waals surface area contributed by atoms with Crippen molar-refractivity contribution in [2.75, 3.05) is 18.9 Å². The van der Waals surface area contributed by atoms with Gasteiger partial charge in [0, 0.05) is 17.8 Å². The molecule has 1 fully saturated rings. The Bertz CT molecular complexity index is 373. The highest BCUT2D eigenvalue weighted by molar-refractivity contribution is 7.99. The molecule has 1 aromatic rings. The molecular formula is C17H27NOS. The molecule has 0 aromatic heterocycles. The van der Waals surface area contributed by atoms with Crippen LogP contribution >= 0.6 is 11.8 Å². The van der Waals surface area contributed by atoms with Gasteiger partial charge in [0.1, 0.15) is 5.75 Å². The number of hydrogen-bond acceptors (Lipinski definition) is 3. The zero-order chi connectivity index (χ0) is 14.2. The van der Waals surface area contributed by atoms with E-state index in [0.717, 1.165) is 30.6 Å². The standard InChI is InChI=1S/C17H27NOS/c1-3-11-19-16-9-7-15(8-10-16)14(2)18-13-17-6-4-5-12-20-17/h7-10,14,17-18H,3-6,11-13H2,1-2H3. The fraction of sp³-hybridized carbons (Fsp3) is 0.647. The highest BCUT2D eigenvalue weighted by Crippen LogP contribution is 2.25. The summed E-state index contributed by atoms with van der Waals surface area (Å²) in [5, 5.41) is 4.47. The average molecular weight is 293 g/mol. The zero-order valence-electron chi connectivity index (χ0n) is 12.7. The van der Waals surface area contributed by atoms with Gasteiger partial charge in [0.05, 0.1) is 6.61 Å². The minimum Gasteiger partial charge on any atom is -0.494 e. The van der Waals surface area contributed by atoms with E-state index in [1.165, 1.54) is 30.6 Å². The van der Waals surface area contributed by atoms with Crippen LogP contribution in [0.4, 0.5) is 0 Å². The molecule has 2 unspecified atom stereocenters. The Morgan fingerprint density at radius 2 is 2.10 bits per heavy atom. The second-order valence-electron chi connectivity index (χ2n) is 5.54. The first-order chi connectivity index (χ1) is 9.79. The molecule has 1 aliphatic rings. The molecule has 0 bridgehead atoms. The van der Waals surface area contributed by atoms with E-state index in [1.807, 2.05) is 0 Å². The predicted molar refractivity (Wildman–Crippen MR) is 88.7 cm³/mol. The van der Waals surface area contributed by atoms with E-state index in [1.54, 1.807) is 0 Å². The Hall–Kier alpha value is -0.670. The minimum atomic E-state index is 0.415. The van der Waals surface area contributed by atoms with Gasteiger partial charge in [0.2, 0.25) is 0 Å². The van der Waals surface area contributed by atoms with Crippen LogP contribution in [0.25, 0.3) is 0 Å². The third-order valence-corrected chi connectivity index (χ3v) is 5.18. The van der Waals surface area contributed by atoms with Crippen LogP contribution in [0.2, 0.25) is 0 Å². The maximum atomic E-state index is 5.62. The molecule has 2 nitrogen and oxygen atoms in total. The lowest BCUT2D eigenvalue weighted by Crippen LogP contribution is -2.28. The summed E-state index contributed by atoms with van der Waals surface area (Å²) in [6.07, 6.45) is 5.22. The van der Waals surface area contributed by atoms with Gasteiger partial charge in [-0.15, -0.1) is 0 Å². The van der Waals surface area contributed by atoms with Crippen molar-refractivity contribution >= 4 is 11.8 Å². The van der Waals surface area contributed by atoms with Crippen molar-refractivity contribution in [2.45, 2.75) is 50.8 Å². The third-order valence-electron chi connectivity index (χ3n) is 3.78. The number of benzene rings is 1. The van der Waals surface area contributed by atoms with Crippen molar-refractivity contribution in [3.63, 3.8) is 0 Å². The second-order valence-corrected chi connectivity index (χ2v) is 6.94. The van der Waals surface area contributed by atoms with E-state index in [9.17, 15) is 0 Å². The highest BCUT2D eigenvalue weighted by atomic mass is 32.2. The maximum absolute atomic E-state index is 5.62. The highest BCUT2D eigenvalue weighted by Gasteiger charge is 2.15. The van der Waals surface area contributed by atoms with Gasteiger partial charge in [-0.3, -0.25) is 0 Å². The first-order valence-electron chi connectivity index (χ1n) is 7.87. The molecule has 0 amide bonds. The fourth-order valence-corrected chi connectivity index (χ4v) is 3.72. The smallest absolute Gasteiger partial charge is 0.119 e. The van der Waals surface area contributed by atoms with Crippen LogP contribution in [-0.4, -0.2) is 24.2 Å². The first kappa shape index (κ1) is 15.7. The summed E-state index contributed by atoms with van der Waals surface area (Å²) >= 11 is 2.13. The predicted octanol–water partition coefficient (Wildman–Crippen LogP) is 4.41. The molecule has 2 atom stereocenters. The molecular weight excluding hydrogens is 266 g/mol. The van der Waals surface area contributed by atoms with Crippen molar-refractivity contribution in [1.82, 2.24) is 5.32 Å². The molecule has 3 heteroatoms. The lowest BCUT2D eigenvalue weighted by atomic mass is 10.1. The van der Waals surface area contributed by atoms with Crippen LogP contribution in [0.15, 0.2) is 24.3 Å². The molecule has 1 heterocycles. The lowest BCUT2D eigenvalue weighted by molar-refractivity contribution is 0.317. The maximum Gasteiger partial charge on any atom is 0.119 e. The molecule has 1 saturated heterocycles. The van der Waals surface area contributed by atoms with Gasteiger partial charge in [0.15, 0.2) is 0 Å². The number of rotatable bonds is 7. The zero-order valence-corrected chi connectivity index (χ0v) is 13.5. The van der Waals surface area contributed by atoms with Gasteiger partial charge in [-0.25, -0.2) is 0 Å². The fourth-order valence-electron chi connectivity index (χ4n) is 2.47. The summed E-state index contributed by atoms with van der Waals surface area (Å²) in [6.45, 7) is 6.30. The molecule has 1 aromatic carbocycles.